The van der Waals surface area contributed by atoms with Crippen LogP contribution in [-0.2, 0) is 0 Å². The van der Waals surface area contributed by atoms with E-state index < -0.39 is 0 Å². The summed E-state index contributed by atoms with van der Waals surface area (Å²) in [6.45, 7) is 2.14. The Morgan fingerprint density at radius 1 is 1.50 bits per heavy atom. The third kappa shape index (κ3) is 8.99. The minimum atomic E-state index is 0. The second kappa shape index (κ2) is 19.9. The zero-order valence-corrected chi connectivity index (χ0v) is 6.92. The molecule has 0 aliphatic rings. The van der Waals surface area contributed by atoms with E-state index in [1.165, 1.54) is 10.2 Å². The maximum atomic E-state index is 2.14. The molecule has 0 saturated heterocycles. The van der Waals surface area contributed by atoms with Crippen molar-refractivity contribution in [3.63, 3.8) is 0 Å². The van der Waals surface area contributed by atoms with Gasteiger partial charge in [0.2, 0.25) is 0 Å². The Labute approximate surface area is 73.9 Å². The third-order valence-electron chi connectivity index (χ3n) is 0. The average molecular weight is 118 g/mol. The van der Waals surface area contributed by atoms with Crippen LogP contribution < -0.4 is 0 Å². The largest absolute Gasteiger partial charge is 2.00 e. The van der Waals surface area contributed by atoms with Crippen molar-refractivity contribution >= 4 is 65.3 Å². The monoisotopic (exact) mass is 118 g/mol. The van der Waals surface area contributed by atoms with E-state index in [0.717, 1.165) is 0 Å². The van der Waals surface area contributed by atoms with Gasteiger partial charge >= 0.3 is 37.7 Å². The quantitative estimate of drug-likeness (QED) is 0.325. The fourth-order valence-corrected chi connectivity index (χ4v) is 0. The minimum absolute atomic E-state index is 0. The van der Waals surface area contributed by atoms with E-state index in [9.17, 15) is 0 Å². The molecule has 0 nitrogen and oxygen atoms in total. The molecule has 4 heavy (non-hydrogen) atoms. The molecule has 0 atom stereocenters. The van der Waals surface area contributed by atoms with Crippen LogP contribution in [0.15, 0.2) is 0 Å². The van der Waals surface area contributed by atoms with E-state index in [2.05, 4.69) is 6.55 Å². The predicted molar refractivity (Wildman–Crippen MR) is 33.7 cm³/mol. The SMILES string of the molecule is C[SiH3].[AlH3].[Ca+2].[H-].[H-]. The number of hydrogen-bond acceptors (Lipinski definition) is 0. The predicted octanol–water partition coefficient (Wildman–Crippen LogP) is -1.94. The van der Waals surface area contributed by atoms with Crippen molar-refractivity contribution in [1.29, 1.82) is 0 Å². The summed E-state index contributed by atoms with van der Waals surface area (Å²) in [4.78, 5) is 0. The first-order chi connectivity index (χ1) is 1.00. The molecule has 0 saturated carbocycles. The molecular formula is CH11AlCaSi. The summed E-state index contributed by atoms with van der Waals surface area (Å²) in [6.07, 6.45) is 0. The van der Waals surface area contributed by atoms with Crippen molar-refractivity contribution in [3.05, 3.63) is 0 Å². The number of hydrogen-bond donors (Lipinski definition) is 0. The molecule has 0 unspecified atom stereocenters. The third-order valence-corrected chi connectivity index (χ3v) is 0. The summed E-state index contributed by atoms with van der Waals surface area (Å²) in [7, 11) is 1.31. The molecule has 0 rings (SSSR count). The summed E-state index contributed by atoms with van der Waals surface area (Å²) < 4.78 is 0. The van der Waals surface area contributed by atoms with Crippen LogP contribution in [0.1, 0.15) is 2.85 Å². The molecule has 0 aromatic rings. The molecule has 0 heterocycles. The van der Waals surface area contributed by atoms with Crippen molar-refractivity contribution in [2.75, 3.05) is 0 Å². The normalized spacial score (nSPS) is 2.25. The number of rotatable bonds is 0. The molecule has 0 N–H and O–H groups in total. The summed E-state index contributed by atoms with van der Waals surface area (Å²) in [5, 5.41) is 0. The molecule has 24 valence electrons. The first-order valence-corrected chi connectivity index (χ1v) is 3.00. The molecule has 0 amide bonds. The van der Waals surface area contributed by atoms with Crippen molar-refractivity contribution < 1.29 is 2.85 Å². The van der Waals surface area contributed by atoms with E-state index in [4.69, 9.17) is 0 Å². The minimum Gasteiger partial charge on any atom is -1.00 e. The summed E-state index contributed by atoms with van der Waals surface area (Å²) in [5.41, 5.74) is 0. The second-order valence-electron chi connectivity index (χ2n) is 0. The van der Waals surface area contributed by atoms with Crippen LogP contribution in [0.4, 0.5) is 0 Å². The van der Waals surface area contributed by atoms with Crippen molar-refractivity contribution in [2.45, 2.75) is 6.55 Å². The zero-order valence-electron chi connectivity index (χ0n) is 4.71. The molecule has 0 aliphatic heterocycles. The van der Waals surface area contributed by atoms with E-state index >= 15 is 0 Å². The second-order valence-corrected chi connectivity index (χ2v) is 0. The van der Waals surface area contributed by atoms with Crippen molar-refractivity contribution in [3.8, 4) is 0 Å². The van der Waals surface area contributed by atoms with Crippen LogP contribution in [-0.4, -0.2) is 65.3 Å². The Hall–Kier alpha value is 2.01. The van der Waals surface area contributed by atoms with Crippen LogP contribution in [0.25, 0.3) is 0 Å². The Kier molecular flexibility index (Phi) is 83.0. The first kappa shape index (κ1) is 16.7. The van der Waals surface area contributed by atoms with Gasteiger partial charge in [-0.2, -0.15) is 0 Å². The maximum Gasteiger partial charge on any atom is 2.00 e. The molecule has 0 spiro atoms. The molecule has 3 heteroatoms. The van der Waals surface area contributed by atoms with Crippen molar-refractivity contribution in [1.82, 2.24) is 0 Å². The van der Waals surface area contributed by atoms with Gasteiger partial charge in [-0.3, -0.25) is 0 Å². The van der Waals surface area contributed by atoms with E-state index in [1.807, 2.05) is 0 Å². The van der Waals surface area contributed by atoms with Crippen molar-refractivity contribution in [2.24, 2.45) is 0 Å². The van der Waals surface area contributed by atoms with Crippen LogP contribution in [0.2, 0.25) is 6.55 Å². The van der Waals surface area contributed by atoms with Gasteiger partial charge in [0.1, 0.15) is 0 Å². The summed E-state index contributed by atoms with van der Waals surface area (Å²) in [5.74, 6) is 0. The average Bonchev–Trinajstić information content (AvgIpc) is 1.00. The Bertz CT molecular complexity index is 13.5. The zero-order chi connectivity index (χ0) is 2.00. The molecule has 0 aromatic carbocycles. The molecule has 0 aliphatic carbocycles. The molecular weight excluding hydrogens is 107 g/mol. The fourth-order valence-electron chi connectivity index (χ4n) is 0. The topological polar surface area (TPSA) is 0 Å². The molecule has 0 bridgehead atoms. The Morgan fingerprint density at radius 3 is 1.50 bits per heavy atom. The summed E-state index contributed by atoms with van der Waals surface area (Å²) >= 11 is 0. The Morgan fingerprint density at radius 2 is 1.50 bits per heavy atom. The standard InChI is InChI=1S/CH6Si.Al.Ca.5H/c1-2;;;;;;;/h1-2H3;;;;;;;/q;;+2;;;;2*-1. The fraction of sp³-hybridized carbons (Fsp3) is 1.00. The smallest absolute Gasteiger partial charge is 1.00 e. The van der Waals surface area contributed by atoms with Gasteiger partial charge in [0, 0.05) is 0 Å². The van der Waals surface area contributed by atoms with Gasteiger partial charge in [0.15, 0.2) is 17.4 Å². The Balaban J connectivity index is -0.000000000833. The van der Waals surface area contributed by atoms with Crippen LogP contribution in [0, 0.1) is 0 Å². The van der Waals surface area contributed by atoms with Gasteiger partial charge in [-0.05, 0) is 10.2 Å². The molecule has 0 aromatic heterocycles. The van der Waals surface area contributed by atoms with Crippen LogP contribution in [0.3, 0.4) is 0 Å². The maximum absolute atomic E-state index is 2.14. The first-order valence-electron chi connectivity index (χ1n) is 1.00. The van der Waals surface area contributed by atoms with Crippen LogP contribution in [0.5, 0.6) is 0 Å². The van der Waals surface area contributed by atoms with E-state index in [-0.39, 0.29) is 58.0 Å². The van der Waals surface area contributed by atoms with E-state index in [0.29, 0.717) is 0 Å². The van der Waals surface area contributed by atoms with Gasteiger partial charge in [-0.25, -0.2) is 0 Å². The molecule has 0 fully saturated rings. The van der Waals surface area contributed by atoms with E-state index in [1.54, 1.807) is 0 Å². The van der Waals surface area contributed by atoms with Gasteiger partial charge in [-0.1, -0.05) is 6.55 Å². The van der Waals surface area contributed by atoms with Gasteiger partial charge < -0.3 is 2.85 Å². The van der Waals surface area contributed by atoms with Gasteiger partial charge in [0.05, 0.1) is 0 Å². The molecule has 0 radical (unpaired) electrons. The van der Waals surface area contributed by atoms with Crippen LogP contribution >= 0.6 is 0 Å². The summed E-state index contributed by atoms with van der Waals surface area (Å²) in [6, 6.07) is 0. The van der Waals surface area contributed by atoms with Gasteiger partial charge in [-0.15, -0.1) is 0 Å². The van der Waals surface area contributed by atoms with Gasteiger partial charge in [0.25, 0.3) is 0 Å².